The Balaban J connectivity index is 1.34. The first kappa shape index (κ1) is 20.9. The Hall–Kier alpha value is -1.79. The number of rotatable bonds is 9. The lowest BCUT2D eigenvalue weighted by Crippen LogP contribution is -2.61. The number of hydrogen-bond donors (Lipinski definition) is 4. The lowest BCUT2D eigenvalue weighted by atomic mass is 9.53. The Bertz CT molecular complexity index is 569. The Labute approximate surface area is 167 Å². The van der Waals surface area contributed by atoms with Crippen LogP contribution in [0.1, 0.15) is 71.6 Å². The van der Waals surface area contributed by atoms with E-state index in [4.69, 9.17) is 0 Å². The van der Waals surface area contributed by atoms with E-state index in [2.05, 4.69) is 16.0 Å². The van der Waals surface area contributed by atoms with E-state index in [9.17, 15) is 19.5 Å². The van der Waals surface area contributed by atoms with Gasteiger partial charge in [-0.25, -0.2) is 9.59 Å². The van der Waals surface area contributed by atoms with Crippen LogP contribution < -0.4 is 16.0 Å². The minimum Gasteiger partial charge on any atom is -0.480 e. The van der Waals surface area contributed by atoms with Crippen molar-refractivity contribution in [1.82, 2.24) is 16.0 Å². The summed E-state index contributed by atoms with van der Waals surface area (Å²) in [4.78, 5) is 35.6. The standard InChI is InChI=1S/C21H35N3O4/c1-13(2)6-17(19(26)27)23-18(25)4-3-5-22-20(28)24-21-10-14-7-15(11-21)9-16(8-14)12-21/h13-17H,3-12H2,1-2H3,(H,23,25)(H,26,27)(H2,22,24,28)/t14?,15?,16?,17-,21?/m0/s1. The van der Waals surface area contributed by atoms with Crippen molar-refractivity contribution in [2.45, 2.75) is 83.2 Å². The van der Waals surface area contributed by atoms with Crippen molar-refractivity contribution in [2.75, 3.05) is 6.54 Å². The highest BCUT2D eigenvalue weighted by atomic mass is 16.4. The molecule has 3 amide bonds. The second kappa shape index (κ2) is 8.70. The van der Waals surface area contributed by atoms with Crippen LogP contribution in [0, 0.1) is 23.7 Å². The van der Waals surface area contributed by atoms with Crippen molar-refractivity contribution < 1.29 is 19.5 Å². The molecule has 0 aromatic heterocycles. The molecule has 4 aliphatic carbocycles. The normalized spacial score (nSPS) is 31.5. The van der Waals surface area contributed by atoms with Crippen LogP contribution in [0.25, 0.3) is 0 Å². The summed E-state index contributed by atoms with van der Waals surface area (Å²) in [6.07, 6.45) is 8.47. The van der Waals surface area contributed by atoms with Crippen molar-refractivity contribution in [1.29, 1.82) is 0 Å². The van der Waals surface area contributed by atoms with Crippen molar-refractivity contribution in [2.24, 2.45) is 23.7 Å². The molecule has 28 heavy (non-hydrogen) atoms. The quantitative estimate of drug-likeness (QED) is 0.452. The number of carbonyl (C=O) groups is 3. The zero-order valence-electron chi connectivity index (χ0n) is 17.1. The predicted octanol–water partition coefficient (Wildman–Crippen LogP) is 2.65. The largest absolute Gasteiger partial charge is 0.480 e. The summed E-state index contributed by atoms with van der Waals surface area (Å²) >= 11 is 0. The Morgan fingerprint density at radius 1 is 1.04 bits per heavy atom. The van der Waals surface area contributed by atoms with Gasteiger partial charge in [-0.3, -0.25) is 4.79 Å². The van der Waals surface area contributed by atoms with Crippen LogP contribution in [0.4, 0.5) is 4.79 Å². The molecular weight excluding hydrogens is 358 g/mol. The summed E-state index contributed by atoms with van der Waals surface area (Å²) in [5.41, 5.74) is -0.0121. The van der Waals surface area contributed by atoms with Gasteiger partial charge in [-0.1, -0.05) is 13.8 Å². The van der Waals surface area contributed by atoms with Crippen LogP contribution in [-0.4, -0.2) is 41.1 Å². The molecule has 7 heteroatoms. The molecule has 7 nitrogen and oxygen atoms in total. The van der Waals surface area contributed by atoms with Gasteiger partial charge in [0.05, 0.1) is 0 Å². The molecule has 0 saturated heterocycles. The molecule has 0 spiro atoms. The number of nitrogens with one attached hydrogen (secondary N) is 3. The fourth-order valence-corrected chi connectivity index (χ4v) is 5.96. The third kappa shape index (κ3) is 5.39. The van der Waals surface area contributed by atoms with Crippen LogP contribution in [0.3, 0.4) is 0 Å². The topological polar surface area (TPSA) is 108 Å². The number of amides is 3. The molecule has 0 aromatic carbocycles. The first-order chi connectivity index (χ1) is 13.2. The van der Waals surface area contributed by atoms with Crippen molar-refractivity contribution in [3.05, 3.63) is 0 Å². The first-order valence-electron chi connectivity index (χ1n) is 10.8. The molecule has 4 N–H and O–H groups in total. The summed E-state index contributed by atoms with van der Waals surface area (Å²) in [6.45, 7) is 4.26. The summed E-state index contributed by atoms with van der Waals surface area (Å²) in [5.74, 6) is 1.25. The average molecular weight is 394 g/mol. The van der Waals surface area contributed by atoms with E-state index >= 15 is 0 Å². The molecule has 0 heterocycles. The number of aliphatic carboxylic acids is 1. The summed E-state index contributed by atoms with van der Waals surface area (Å²) in [6, 6.07) is -0.981. The molecule has 0 radical (unpaired) electrons. The zero-order chi connectivity index (χ0) is 20.3. The highest BCUT2D eigenvalue weighted by Crippen LogP contribution is 2.55. The van der Waals surface area contributed by atoms with Crippen molar-refractivity contribution in [3.8, 4) is 0 Å². The highest BCUT2D eigenvalue weighted by Gasteiger charge is 2.51. The molecular formula is C21H35N3O4. The van der Waals surface area contributed by atoms with Gasteiger partial charge in [-0.15, -0.1) is 0 Å². The van der Waals surface area contributed by atoms with E-state index in [1.54, 1.807) is 0 Å². The van der Waals surface area contributed by atoms with E-state index in [-0.39, 0.29) is 29.8 Å². The van der Waals surface area contributed by atoms with Crippen LogP contribution in [0.15, 0.2) is 0 Å². The minimum absolute atomic E-state index is 0.0121. The van der Waals surface area contributed by atoms with Crippen LogP contribution in [0.2, 0.25) is 0 Å². The molecule has 0 aromatic rings. The average Bonchev–Trinajstić information content (AvgIpc) is 2.56. The Morgan fingerprint density at radius 2 is 1.61 bits per heavy atom. The van der Waals surface area contributed by atoms with Gasteiger partial charge in [0.15, 0.2) is 0 Å². The third-order valence-electron chi connectivity index (χ3n) is 6.62. The first-order valence-corrected chi connectivity index (χ1v) is 10.8. The lowest BCUT2D eigenvalue weighted by molar-refractivity contribution is -0.142. The monoisotopic (exact) mass is 393 g/mol. The van der Waals surface area contributed by atoms with E-state index in [0.29, 0.717) is 19.4 Å². The maximum Gasteiger partial charge on any atom is 0.326 e. The van der Waals surface area contributed by atoms with Crippen LogP contribution in [-0.2, 0) is 9.59 Å². The van der Waals surface area contributed by atoms with Crippen LogP contribution in [0.5, 0.6) is 0 Å². The van der Waals surface area contributed by atoms with E-state index in [1.165, 1.54) is 19.3 Å². The van der Waals surface area contributed by atoms with E-state index < -0.39 is 12.0 Å². The predicted molar refractivity (Wildman–Crippen MR) is 106 cm³/mol. The fraction of sp³-hybridized carbons (Fsp3) is 0.857. The lowest BCUT2D eigenvalue weighted by Gasteiger charge is -2.56. The molecule has 4 bridgehead atoms. The zero-order valence-corrected chi connectivity index (χ0v) is 17.1. The minimum atomic E-state index is -1.00. The fourth-order valence-electron chi connectivity index (χ4n) is 5.96. The molecule has 4 aliphatic rings. The highest BCUT2D eigenvalue weighted by molar-refractivity contribution is 5.83. The molecule has 4 rings (SSSR count). The number of carboxylic acid groups (broad SMARTS) is 1. The molecule has 4 saturated carbocycles. The molecule has 1 atom stereocenters. The van der Waals surface area contributed by atoms with E-state index in [1.807, 2.05) is 13.8 Å². The molecule has 158 valence electrons. The number of carboxylic acids is 1. The third-order valence-corrected chi connectivity index (χ3v) is 6.62. The Morgan fingerprint density at radius 3 is 2.11 bits per heavy atom. The van der Waals surface area contributed by atoms with Gasteiger partial charge in [-0.05, 0) is 75.0 Å². The Kier molecular flexibility index (Phi) is 6.50. The summed E-state index contributed by atoms with van der Waals surface area (Å²) < 4.78 is 0. The summed E-state index contributed by atoms with van der Waals surface area (Å²) in [5, 5.41) is 17.9. The number of carbonyl (C=O) groups excluding carboxylic acids is 2. The molecule has 4 fully saturated rings. The van der Waals surface area contributed by atoms with Crippen LogP contribution >= 0.6 is 0 Å². The second-order valence-corrected chi connectivity index (χ2v) is 9.77. The maximum absolute atomic E-state index is 12.4. The van der Waals surface area contributed by atoms with Gasteiger partial charge in [0.2, 0.25) is 5.91 Å². The van der Waals surface area contributed by atoms with Gasteiger partial charge in [-0.2, -0.15) is 0 Å². The van der Waals surface area contributed by atoms with Gasteiger partial charge in [0, 0.05) is 18.5 Å². The van der Waals surface area contributed by atoms with Crippen molar-refractivity contribution in [3.63, 3.8) is 0 Å². The maximum atomic E-state index is 12.4. The SMILES string of the molecule is CC(C)C[C@H](NC(=O)CCCNC(=O)NC12CC3CC(CC(C3)C1)C2)C(=O)O. The van der Waals surface area contributed by atoms with Gasteiger partial charge < -0.3 is 21.1 Å². The molecule has 0 unspecified atom stereocenters. The summed E-state index contributed by atoms with van der Waals surface area (Å²) in [7, 11) is 0. The second-order valence-electron chi connectivity index (χ2n) is 9.77. The number of urea groups is 1. The van der Waals surface area contributed by atoms with Gasteiger partial charge >= 0.3 is 12.0 Å². The number of hydrogen-bond acceptors (Lipinski definition) is 3. The van der Waals surface area contributed by atoms with E-state index in [0.717, 1.165) is 37.0 Å². The van der Waals surface area contributed by atoms with Crippen molar-refractivity contribution >= 4 is 17.9 Å². The van der Waals surface area contributed by atoms with Gasteiger partial charge in [0.1, 0.15) is 6.04 Å². The van der Waals surface area contributed by atoms with Gasteiger partial charge in [0.25, 0.3) is 0 Å². The smallest absolute Gasteiger partial charge is 0.326 e. The molecule has 0 aliphatic heterocycles.